The smallest absolute Gasteiger partial charge is 0.241 e. The minimum absolute atomic E-state index is 0.0950. The summed E-state index contributed by atoms with van der Waals surface area (Å²) in [5.41, 5.74) is 3.15. The predicted octanol–water partition coefficient (Wildman–Crippen LogP) is 3.17. The topological polar surface area (TPSA) is 75.7 Å². The summed E-state index contributed by atoms with van der Waals surface area (Å²) in [5, 5.41) is 2.78. The first-order chi connectivity index (χ1) is 13.1. The Balaban J connectivity index is 2.05. The fourth-order valence-electron chi connectivity index (χ4n) is 2.71. The van der Waals surface area contributed by atoms with Gasteiger partial charge in [0.15, 0.2) is 0 Å². The lowest BCUT2D eigenvalue weighted by atomic mass is 10.1. The predicted molar refractivity (Wildman–Crippen MR) is 112 cm³/mol. The Morgan fingerprint density at radius 3 is 2.32 bits per heavy atom. The second-order valence-electron chi connectivity index (χ2n) is 7.15. The minimum Gasteiger partial charge on any atom is -0.491 e. The molecule has 0 fully saturated rings. The number of sulfonamides is 1. The highest BCUT2D eigenvalue weighted by molar-refractivity contribution is 7.92. The molecule has 0 aliphatic heterocycles. The molecular weight excluding hydrogens is 376 g/mol. The van der Waals surface area contributed by atoms with E-state index in [9.17, 15) is 13.2 Å². The summed E-state index contributed by atoms with van der Waals surface area (Å²) < 4.78 is 31.3. The van der Waals surface area contributed by atoms with E-state index in [1.54, 1.807) is 6.07 Å². The molecule has 0 heterocycles. The normalized spacial score (nSPS) is 11.4. The van der Waals surface area contributed by atoms with E-state index in [4.69, 9.17) is 4.74 Å². The lowest BCUT2D eigenvalue weighted by Gasteiger charge is -2.24. The first-order valence-electron chi connectivity index (χ1n) is 9.13. The van der Waals surface area contributed by atoms with Crippen LogP contribution in [0.15, 0.2) is 42.5 Å². The van der Waals surface area contributed by atoms with Crippen LogP contribution in [-0.4, -0.2) is 33.2 Å². The van der Waals surface area contributed by atoms with Gasteiger partial charge in [-0.2, -0.15) is 0 Å². The van der Waals surface area contributed by atoms with E-state index in [1.165, 1.54) is 0 Å². The van der Waals surface area contributed by atoms with Crippen LogP contribution < -0.4 is 14.4 Å². The molecule has 0 aliphatic carbocycles. The molecule has 0 aromatic heterocycles. The summed E-state index contributed by atoms with van der Waals surface area (Å²) in [4.78, 5) is 12.4. The molecule has 152 valence electrons. The highest BCUT2D eigenvalue weighted by Gasteiger charge is 2.22. The van der Waals surface area contributed by atoms with Gasteiger partial charge in [-0.1, -0.05) is 24.3 Å². The molecule has 2 aromatic rings. The monoisotopic (exact) mass is 404 g/mol. The quantitative estimate of drug-likeness (QED) is 0.733. The van der Waals surface area contributed by atoms with Crippen molar-refractivity contribution in [1.29, 1.82) is 0 Å². The summed E-state index contributed by atoms with van der Waals surface area (Å²) >= 11 is 0. The molecule has 2 rings (SSSR count). The van der Waals surface area contributed by atoms with Crippen LogP contribution >= 0.6 is 0 Å². The van der Waals surface area contributed by atoms with Crippen LogP contribution in [0.5, 0.6) is 5.75 Å². The van der Waals surface area contributed by atoms with Crippen LogP contribution in [0, 0.1) is 13.8 Å². The van der Waals surface area contributed by atoms with Gasteiger partial charge in [-0.05, 0) is 62.6 Å². The van der Waals surface area contributed by atoms with Crippen molar-refractivity contribution in [2.24, 2.45) is 0 Å². The van der Waals surface area contributed by atoms with Gasteiger partial charge in [0.2, 0.25) is 15.9 Å². The molecule has 0 atom stereocenters. The van der Waals surface area contributed by atoms with Crippen molar-refractivity contribution in [3.63, 3.8) is 0 Å². The van der Waals surface area contributed by atoms with E-state index in [1.807, 2.05) is 64.1 Å². The van der Waals surface area contributed by atoms with Gasteiger partial charge < -0.3 is 10.1 Å². The van der Waals surface area contributed by atoms with Crippen molar-refractivity contribution in [3.05, 3.63) is 59.2 Å². The number of benzene rings is 2. The molecule has 0 bridgehead atoms. The molecule has 0 unspecified atom stereocenters. The van der Waals surface area contributed by atoms with E-state index in [0.29, 0.717) is 12.2 Å². The van der Waals surface area contributed by atoms with Gasteiger partial charge in [0.05, 0.1) is 18.0 Å². The Morgan fingerprint density at radius 2 is 1.75 bits per heavy atom. The number of nitrogens with one attached hydrogen (secondary N) is 1. The SMILES string of the molecule is Cc1ccc(C)c(N(CC(=O)NCc2ccc(OC(C)C)cc2)S(C)(=O)=O)c1. The Bertz CT molecular complexity index is 922. The maximum Gasteiger partial charge on any atom is 0.241 e. The third kappa shape index (κ3) is 6.27. The summed E-state index contributed by atoms with van der Waals surface area (Å²) in [6.45, 7) is 7.67. The Kier molecular flexibility index (Phi) is 7.07. The van der Waals surface area contributed by atoms with Crippen LogP contribution in [0.1, 0.15) is 30.5 Å². The maximum absolute atomic E-state index is 12.4. The van der Waals surface area contributed by atoms with Gasteiger partial charge in [-0.3, -0.25) is 9.10 Å². The molecule has 0 aliphatic rings. The zero-order chi connectivity index (χ0) is 20.9. The number of nitrogens with zero attached hydrogens (tertiary/aromatic N) is 1. The molecule has 0 radical (unpaired) electrons. The standard InChI is InChI=1S/C21H28N2O4S/c1-15(2)27-19-10-8-18(9-11-19)13-22-21(24)14-23(28(5,25)26)20-12-16(3)6-7-17(20)4/h6-12,15H,13-14H2,1-5H3,(H,22,24). The van der Waals surface area contributed by atoms with Crippen LogP contribution in [-0.2, 0) is 21.4 Å². The van der Waals surface area contributed by atoms with E-state index >= 15 is 0 Å². The number of carbonyl (C=O) groups is 1. The Morgan fingerprint density at radius 1 is 1.11 bits per heavy atom. The van der Waals surface area contributed by atoms with Crippen LogP contribution in [0.25, 0.3) is 0 Å². The Labute approximate surface area is 167 Å². The van der Waals surface area contributed by atoms with Crippen molar-refractivity contribution in [2.75, 3.05) is 17.1 Å². The van der Waals surface area contributed by atoms with Crippen molar-refractivity contribution in [2.45, 2.75) is 40.3 Å². The number of anilines is 1. The van der Waals surface area contributed by atoms with Crippen molar-refractivity contribution >= 4 is 21.6 Å². The second-order valence-corrected chi connectivity index (χ2v) is 9.05. The van der Waals surface area contributed by atoms with Crippen LogP contribution in [0.3, 0.4) is 0 Å². The summed E-state index contributed by atoms with van der Waals surface area (Å²) in [5.74, 6) is 0.400. The molecule has 6 nitrogen and oxygen atoms in total. The lowest BCUT2D eigenvalue weighted by Crippen LogP contribution is -2.40. The summed E-state index contributed by atoms with van der Waals surface area (Å²) in [6, 6.07) is 13.0. The highest BCUT2D eigenvalue weighted by Crippen LogP contribution is 2.23. The molecule has 0 saturated heterocycles. The molecule has 1 N–H and O–H groups in total. The molecule has 28 heavy (non-hydrogen) atoms. The van der Waals surface area contributed by atoms with E-state index < -0.39 is 10.0 Å². The number of ether oxygens (including phenoxy) is 1. The number of hydrogen-bond acceptors (Lipinski definition) is 4. The fraction of sp³-hybridized carbons (Fsp3) is 0.381. The third-order valence-electron chi connectivity index (χ3n) is 4.11. The third-order valence-corrected chi connectivity index (χ3v) is 5.23. The number of rotatable bonds is 8. The van der Waals surface area contributed by atoms with Crippen LogP contribution in [0.4, 0.5) is 5.69 Å². The number of hydrogen-bond donors (Lipinski definition) is 1. The Hall–Kier alpha value is -2.54. The van der Waals surface area contributed by atoms with Crippen molar-refractivity contribution in [1.82, 2.24) is 5.32 Å². The molecule has 1 amide bonds. The molecule has 0 spiro atoms. The summed E-state index contributed by atoms with van der Waals surface area (Å²) in [6.07, 6.45) is 1.20. The fourth-order valence-corrected chi connectivity index (χ4v) is 3.62. The second kappa shape index (κ2) is 9.10. The molecular formula is C21H28N2O4S. The van der Waals surface area contributed by atoms with E-state index in [2.05, 4.69) is 5.32 Å². The summed E-state index contributed by atoms with van der Waals surface area (Å²) in [7, 11) is -3.60. The molecule has 2 aromatic carbocycles. The van der Waals surface area contributed by atoms with Gasteiger partial charge in [-0.15, -0.1) is 0 Å². The largest absolute Gasteiger partial charge is 0.491 e. The first kappa shape index (κ1) is 21.8. The van der Waals surface area contributed by atoms with Gasteiger partial charge in [-0.25, -0.2) is 8.42 Å². The number of carbonyl (C=O) groups excluding carboxylic acids is 1. The molecule has 7 heteroatoms. The lowest BCUT2D eigenvalue weighted by molar-refractivity contribution is -0.119. The van der Waals surface area contributed by atoms with Gasteiger partial charge in [0, 0.05) is 6.54 Å². The molecule has 0 saturated carbocycles. The van der Waals surface area contributed by atoms with Crippen molar-refractivity contribution in [3.8, 4) is 5.75 Å². The average Bonchev–Trinajstić information content (AvgIpc) is 2.60. The maximum atomic E-state index is 12.4. The average molecular weight is 405 g/mol. The highest BCUT2D eigenvalue weighted by atomic mass is 32.2. The zero-order valence-corrected chi connectivity index (χ0v) is 17.8. The van der Waals surface area contributed by atoms with Gasteiger partial charge >= 0.3 is 0 Å². The van der Waals surface area contributed by atoms with Gasteiger partial charge in [0.25, 0.3) is 0 Å². The first-order valence-corrected chi connectivity index (χ1v) is 11.0. The minimum atomic E-state index is -3.60. The zero-order valence-electron chi connectivity index (χ0n) is 17.0. The van der Waals surface area contributed by atoms with Crippen molar-refractivity contribution < 1.29 is 17.9 Å². The van der Waals surface area contributed by atoms with Gasteiger partial charge in [0.1, 0.15) is 12.3 Å². The number of amides is 1. The number of aryl methyl sites for hydroxylation is 2. The van der Waals surface area contributed by atoms with E-state index in [-0.39, 0.29) is 18.6 Å². The van der Waals surface area contributed by atoms with Crippen LogP contribution in [0.2, 0.25) is 0 Å². The van der Waals surface area contributed by atoms with E-state index in [0.717, 1.165) is 33.0 Å².